The third-order valence-electron chi connectivity index (χ3n) is 14.6. The predicted octanol–water partition coefficient (Wildman–Crippen LogP) is 21.6. The van der Waals surface area contributed by atoms with E-state index in [4.69, 9.17) is 36.3 Å². The SMILES string of the molecule is [2H]c1c([2H])c([2H])c(-c2ccc3c(c2)n(-c2cccc(Oc4ccc5c6ccccc6n(-c6cc(C([2H])([2H])[2H])c(-c7c([2H])c([2H])c([2H])c([2H])c7[2H])cn6)c5c4)c2)[c-][n+]3-c2c(-c3c([2H])c(-c4c([2H])c([2H])c([2H])c([2H])c4[2H])c([2H])c(-c4c([2H])c([2H])c([2H])c([2H])c4[2H])c3[2H])cccc2-c2c([2H])c(-c3c([2H])c([2H])c([2H])c([2H])c3[2H])c([2H])c(-c3c([2H])c([2H])c([2H])c([2H])c3[2H])c2[2H])c([2H])c1[2H]. The van der Waals surface area contributed by atoms with E-state index in [9.17, 15) is 21.9 Å². The normalized spacial score (nSPS) is 17.6. The van der Waals surface area contributed by atoms with Gasteiger partial charge >= 0.3 is 0 Å². The van der Waals surface area contributed by atoms with Crippen molar-refractivity contribution < 1.29 is 62.8 Å². The fourth-order valence-corrected chi connectivity index (χ4v) is 10.6. The van der Waals surface area contributed by atoms with Crippen molar-refractivity contribution in [1.82, 2.24) is 14.1 Å². The molecule has 3 heterocycles. The molecule has 0 amide bonds. The highest BCUT2D eigenvalue weighted by Crippen LogP contribution is 2.43. The highest BCUT2D eigenvalue weighted by atomic mass is 16.5. The molecule has 0 bridgehead atoms. The maximum Gasteiger partial charge on any atom is 0.269 e. The molecule has 16 rings (SSSR count). The number of benzene rings is 13. The van der Waals surface area contributed by atoms with Crippen LogP contribution in [0, 0.1) is 13.2 Å². The number of aromatic nitrogens is 4. The van der Waals surface area contributed by atoms with E-state index in [1.54, 1.807) is 47.0 Å². The summed E-state index contributed by atoms with van der Waals surface area (Å²) in [6.45, 7) is -2.98. The summed E-state index contributed by atoms with van der Waals surface area (Å²) in [5.74, 6) is 0.106. The standard InChI is InChI=1S/C85H58N4O/c1-58-46-84(86-56-79(58)64-34-18-7-19-35-64)89-80-41-21-20-38-77(80)78-44-43-74(55-82(78)89)90-73-37-22-36-72(54-73)87-57-88(81-45-42-65(53-83(81)87)59-24-8-2-9-25-59)85-75(70-49-66(60-26-10-3-11-27-60)47-67(50-70)61-28-12-4-13-29-61)39-23-40-76(85)71-51-68(62-30-14-5-15-31-62)48-69(52-71)63-32-16-6-17-33-63/h2-56H,1H3/i1D3,2D,3D,4D,5D,6D,7D,8D,9D,10D,11D,12D,13D,14D,15D,16D,17D,18D,19D,24D,25D,26D,27D,28D,29D,30D,31D,32D,33D,34D,35D,47D,48D,49D,50D,51D,52D. The molecule has 0 aliphatic heterocycles. The Kier molecular flexibility index (Phi) is 6.81. The lowest BCUT2D eigenvalue weighted by Gasteiger charge is -2.20. The summed E-state index contributed by atoms with van der Waals surface area (Å²) in [7, 11) is 0. The van der Waals surface area contributed by atoms with Crippen LogP contribution in [0.5, 0.6) is 11.5 Å². The molecule has 0 saturated heterocycles. The number of hydrogen-bond donors (Lipinski definition) is 0. The van der Waals surface area contributed by atoms with E-state index in [1.165, 1.54) is 71.3 Å². The second-order valence-electron chi connectivity index (χ2n) is 19.9. The summed E-state index contributed by atoms with van der Waals surface area (Å²) in [5.41, 5.74) is -11.5. The van der Waals surface area contributed by atoms with Gasteiger partial charge in [0.15, 0.2) is 0 Å². The first kappa shape index (κ1) is 26.6. The van der Waals surface area contributed by atoms with E-state index in [0.717, 1.165) is 10.8 Å². The van der Waals surface area contributed by atoms with E-state index >= 15 is 0 Å². The zero-order valence-electron chi connectivity index (χ0n) is 85.2. The molecule has 90 heavy (non-hydrogen) atoms. The van der Waals surface area contributed by atoms with Gasteiger partial charge in [0.05, 0.1) is 82.8 Å². The Bertz CT molecular complexity index is 7140. The number of hydrogen-bond acceptors (Lipinski definition) is 2. The van der Waals surface area contributed by atoms with Crippen LogP contribution in [-0.2, 0) is 0 Å². The molecule has 5 heteroatoms. The van der Waals surface area contributed by atoms with Gasteiger partial charge in [0.2, 0.25) is 0 Å². The van der Waals surface area contributed by atoms with E-state index < -0.39 is 308 Å². The van der Waals surface area contributed by atoms with Gasteiger partial charge in [-0.05, 0) is 181 Å². The molecule has 5 nitrogen and oxygen atoms in total. The molecule has 0 spiro atoms. The second kappa shape index (κ2) is 23.1. The van der Waals surface area contributed by atoms with Crippen LogP contribution in [0.25, 0.3) is 139 Å². The van der Waals surface area contributed by atoms with Gasteiger partial charge in [-0.15, -0.1) is 0 Å². The van der Waals surface area contributed by atoms with E-state index in [2.05, 4.69) is 11.3 Å². The lowest BCUT2D eigenvalue weighted by atomic mass is 9.89. The van der Waals surface area contributed by atoms with Gasteiger partial charge in [0.25, 0.3) is 6.33 Å². The summed E-state index contributed by atoms with van der Waals surface area (Å²) < 4.78 is 368. The van der Waals surface area contributed by atoms with Crippen LogP contribution in [0.2, 0.25) is 0 Å². The number of fused-ring (bicyclic) bond motifs is 4. The van der Waals surface area contributed by atoms with Gasteiger partial charge in [0, 0.05) is 32.7 Å². The molecule has 0 aliphatic rings. The van der Waals surface area contributed by atoms with Gasteiger partial charge in [0.1, 0.15) is 17.3 Å². The zero-order valence-corrected chi connectivity index (χ0v) is 46.2. The van der Waals surface area contributed by atoms with Gasteiger partial charge in [-0.2, -0.15) is 0 Å². The molecule has 16 aromatic rings. The monoisotopic (exact) mass is 1190 g/mol. The van der Waals surface area contributed by atoms with Crippen LogP contribution in [0.1, 0.15) is 59.0 Å². The minimum Gasteiger partial charge on any atom is -0.458 e. The molecule has 0 fully saturated rings. The van der Waals surface area contributed by atoms with Gasteiger partial charge < -0.3 is 4.74 Å². The van der Waals surface area contributed by atoms with Crippen molar-refractivity contribution >= 4 is 32.8 Å². The minimum atomic E-state index is -2.98. The number of nitrogens with zero attached hydrogens (tertiary/aromatic N) is 4. The van der Waals surface area contributed by atoms with Crippen molar-refractivity contribution in [3.8, 4) is 118 Å². The quantitative estimate of drug-likeness (QED) is 0.0852. The second-order valence-corrected chi connectivity index (χ2v) is 19.9. The molecule has 0 aliphatic carbocycles. The molecule has 0 unspecified atom stereocenters. The molecule has 0 saturated carbocycles. The Labute approximate surface area is 578 Å². The molecule has 0 radical (unpaired) electrons. The fraction of sp³-hybridized carbons (Fsp3) is 0.0118. The van der Waals surface area contributed by atoms with Crippen molar-refractivity contribution in [2.45, 2.75) is 6.85 Å². The fourth-order valence-electron chi connectivity index (χ4n) is 10.6. The van der Waals surface area contributed by atoms with Crippen LogP contribution in [0.4, 0.5) is 0 Å². The number of aryl methyl sites for hydroxylation is 1. The molecule has 424 valence electrons. The summed E-state index contributed by atoms with van der Waals surface area (Å²) in [4.78, 5) is 4.68. The first-order chi connectivity index (χ1) is 60.7. The highest BCUT2D eigenvalue weighted by Gasteiger charge is 2.24. The molecule has 13 aromatic carbocycles. The molecule has 3 aromatic heterocycles. The maximum absolute atomic E-state index is 10.6. The van der Waals surface area contributed by atoms with E-state index in [1.807, 2.05) is 0 Å². The minimum absolute atomic E-state index is 0.00385. The largest absolute Gasteiger partial charge is 0.458 e. The van der Waals surface area contributed by atoms with Crippen molar-refractivity contribution in [2.24, 2.45) is 0 Å². The van der Waals surface area contributed by atoms with Crippen LogP contribution < -0.4 is 9.30 Å². The van der Waals surface area contributed by atoms with Gasteiger partial charge in [-0.3, -0.25) is 13.7 Å². The van der Waals surface area contributed by atoms with E-state index in [0.29, 0.717) is 21.8 Å². The highest BCUT2D eigenvalue weighted by molar-refractivity contribution is 6.09. The molecular formula is C85H58N4O. The Morgan fingerprint density at radius 2 is 0.878 bits per heavy atom. The van der Waals surface area contributed by atoms with Crippen LogP contribution >= 0.6 is 0 Å². The first-order valence-electron chi connectivity index (χ1n) is 46.9. The number of para-hydroxylation sites is 2. The number of rotatable bonds is 13. The van der Waals surface area contributed by atoms with Crippen LogP contribution in [0.3, 0.4) is 0 Å². The number of imidazole rings is 1. The lowest BCUT2D eigenvalue weighted by molar-refractivity contribution is -0.571. The van der Waals surface area contributed by atoms with E-state index in [-0.39, 0.29) is 50.7 Å². The van der Waals surface area contributed by atoms with Crippen molar-refractivity contribution in [3.05, 3.63) is 345 Å². The summed E-state index contributed by atoms with van der Waals surface area (Å²) in [6.07, 6.45) is 4.38. The maximum atomic E-state index is 10.6. The van der Waals surface area contributed by atoms with Crippen molar-refractivity contribution in [3.63, 3.8) is 0 Å². The van der Waals surface area contributed by atoms with Crippen LogP contribution in [0.15, 0.2) is 333 Å². The smallest absolute Gasteiger partial charge is 0.269 e. The Morgan fingerprint density at radius 1 is 0.389 bits per heavy atom. The van der Waals surface area contributed by atoms with Crippen molar-refractivity contribution in [1.29, 1.82) is 0 Å². The summed E-state index contributed by atoms with van der Waals surface area (Å²) in [5, 5.41) is 1.21. The third kappa shape index (κ3) is 10.1. The topological polar surface area (TPSA) is 35.9 Å². The molecule has 0 atom stereocenters. The van der Waals surface area contributed by atoms with Crippen molar-refractivity contribution in [2.75, 3.05) is 0 Å². The van der Waals surface area contributed by atoms with Gasteiger partial charge in [-0.1, -0.05) is 236 Å². The Hall–Kier alpha value is -11.9. The summed E-state index contributed by atoms with van der Waals surface area (Å²) >= 11 is 0. The zero-order chi connectivity index (χ0) is 93.7. The molecule has 0 N–H and O–H groups in total. The molecular weight excluding hydrogens is 1090 g/mol. The van der Waals surface area contributed by atoms with Gasteiger partial charge in [-0.25, -0.2) is 4.98 Å². The van der Waals surface area contributed by atoms with Crippen LogP contribution in [-0.4, -0.2) is 14.1 Å². The third-order valence-corrected chi connectivity index (χ3v) is 14.6. The summed E-state index contributed by atoms with van der Waals surface area (Å²) in [6, 6.07) is -7.52. The average molecular weight is 1190 g/mol. The number of pyridine rings is 1. The first-order valence-corrected chi connectivity index (χ1v) is 27.4. The Balaban J connectivity index is 1.03. The Morgan fingerprint density at radius 3 is 1.43 bits per heavy atom. The average Bonchev–Trinajstić information content (AvgIpc) is 1.58. The number of ether oxygens (including phenoxy) is 1. The predicted molar refractivity (Wildman–Crippen MR) is 371 cm³/mol. The lowest BCUT2D eigenvalue weighted by Crippen LogP contribution is -2.31.